The molecule has 0 heterocycles. The first-order valence-electron chi connectivity index (χ1n) is 5.72. The van der Waals surface area contributed by atoms with Crippen LogP contribution in [0.1, 0.15) is 30.0 Å². The molecule has 2 rings (SSSR count). The molecule has 0 aliphatic heterocycles. The van der Waals surface area contributed by atoms with Crippen LogP contribution in [0.15, 0.2) is 36.9 Å². The Labute approximate surface area is 92.2 Å². The molecular weight excluding hydrogens is 182 g/mol. The van der Waals surface area contributed by atoms with Gasteiger partial charge in [0.15, 0.2) is 0 Å². The first-order chi connectivity index (χ1) is 7.31. The van der Waals surface area contributed by atoms with Gasteiger partial charge in [-0.25, -0.2) is 0 Å². The predicted octanol–water partition coefficient (Wildman–Crippen LogP) is 3.22. The molecule has 0 amide bonds. The largest absolute Gasteiger partial charge is 0.306 e. The third kappa shape index (κ3) is 2.69. The van der Waals surface area contributed by atoms with E-state index in [1.54, 1.807) is 0 Å². The summed E-state index contributed by atoms with van der Waals surface area (Å²) in [7, 11) is 0. The third-order valence-electron chi connectivity index (χ3n) is 3.01. The number of nitrogens with one attached hydrogen (secondary N) is 1. The van der Waals surface area contributed by atoms with Crippen molar-refractivity contribution in [2.75, 3.05) is 6.54 Å². The maximum Gasteiger partial charge on any atom is 0.0351 e. The average Bonchev–Trinajstić information content (AvgIpc) is 3.05. The molecule has 15 heavy (non-hydrogen) atoms. The van der Waals surface area contributed by atoms with Crippen molar-refractivity contribution in [2.24, 2.45) is 5.92 Å². The molecule has 1 aromatic carbocycles. The van der Waals surface area contributed by atoms with Gasteiger partial charge in [-0.2, -0.15) is 0 Å². The minimum atomic E-state index is 0.531. The van der Waals surface area contributed by atoms with Gasteiger partial charge in [-0.1, -0.05) is 35.9 Å². The van der Waals surface area contributed by atoms with Gasteiger partial charge >= 0.3 is 0 Å². The molecule has 1 atom stereocenters. The van der Waals surface area contributed by atoms with Crippen molar-refractivity contribution in [3.05, 3.63) is 48.0 Å². The van der Waals surface area contributed by atoms with Gasteiger partial charge in [0.1, 0.15) is 0 Å². The number of hydrogen-bond acceptors (Lipinski definition) is 1. The number of aryl methyl sites for hydroxylation is 1. The quantitative estimate of drug-likeness (QED) is 0.721. The molecule has 0 saturated heterocycles. The van der Waals surface area contributed by atoms with E-state index in [-0.39, 0.29) is 0 Å². The van der Waals surface area contributed by atoms with Crippen molar-refractivity contribution in [3.63, 3.8) is 0 Å². The Bertz CT molecular complexity index is 322. The summed E-state index contributed by atoms with van der Waals surface area (Å²) in [5, 5.41) is 3.55. The van der Waals surface area contributed by atoms with Gasteiger partial charge in [0.2, 0.25) is 0 Å². The second-order valence-electron chi connectivity index (χ2n) is 4.42. The van der Waals surface area contributed by atoms with Gasteiger partial charge < -0.3 is 5.32 Å². The highest BCUT2D eigenvalue weighted by atomic mass is 14.9. The Morgan fingerprint density at radius 1 is 1.40 bits per heavy atom. The molecule has 0 aromatic heterocycles. The van der Waals surface area contributed by atoms with E-state index in [0.717, 1.165) is 12.5 Å². The topological polar surface area (TPSA) is 12.0 Å². The molecule has 0 bridgehead atoms. The van der Waals surface area contributed by atoms with Gasteiger partial charge in [0.25, 0.3) is 0 Å². The average molecular weight is 201 g/mol. The SMILES string of the molecule is C=CCNC(c1ccc(C)cc1)C1CC1. The van der Waals surface area contributed by atoms with Crippen LogP contribution in [0.3, 0.4) is 0 Å². The molecule has 1 aromatic rings. The van der Waals surface area contributed by atoms with Gasteiger partial charge in [0.05, 0.1) is 0 Å². The molecule has 1 heteroatoms. The maximum atomic E-state index is 3.76. The van der Waals surface area contributed by atoms with Crippen LogP contribution in [-0.2, 0) is 0 Å². The first kappa shape index (κ1) is 10.4. The lowest BCUT2D eigenvalue weighted by molar-refractivity contribution is 0.507. The van der Waals surface area contributed by atoms with Crippen LogP contribution < -0.4 is 5.32 Å². The summed E-state index contributed by atoms with van der Waals surface area (Å²) in [5.41, 5.74) is 2.75. The second-order valence-corrected chi connectivity index (χ2v) is 4.42. The number of benzene rings is 1. The zero-order chi connectivity index (χ0) is 10.7. The summed E-state index contributed by atoms with van der Waals surface area (Å²) in [6.07, 6.45) is 4.66. The fourth-order valence-electron chi connectivity index (χ4n) is 1.97. The minimum absolute atomic E-state index is 0.531. The van der Waals surface area contributed by atoms with Crippen LogP contribution in [0.25, 0.3) is 0 Å². The van der Waals surface area contributed by atoms with E-state index in [9.17, 15) is 0 Å². The molecule has 1 nitrogen and oxygen atoms in total. The van der Waals surface area contributed by atoms with E-state index in [1.165, 1.54) is 24.0 Å². The van der Waals surface area contributed by atoms with Crippen LogP contribution in [-0.4, -0.2) is 6.54 Å². The predicted molar refractivity (Wildman–Crippen MR) is 64.8 cm³/mol. The Morgan fingerprint density at radius 3 is 2.60 bits per heavy atom. The van der Waals surface area contributed by atoms with Crippen LogP contribution in [0.5, 0.6) is 0 Å². The summed E-state index contributed by atoms with van der Waals surface area (Å²) < 4.78 is 0. The molecular formula is C14H19N. The van der Waals surface area contributed by atoms with E-state index in [2.05, 4.69) is 43.1 Å². The van der Waals surface area contributed by atoms with E-state index in [4.69, 9.17) is 0 Å². The number of rotatable bonds is 5. The lowest BCUT2D eigenvalue weighted by atomic mass is 10.0. The molecule has 1 aliphatic carbocycles. The zero-order valence-corrected chi connectivity index (χ0v) is 9.37. The van der Waals surface area contributed by atoms with Gasteiger partial charge in [-0.15, -0.1) is 6.58 Å². The van der Waals surface area contributed by atoms with Crippen molar-refractivity contribution >= 4 is 0 Å². The number of hydrogen-bond donors (Lipinski definition) is 1. The summed E-state index contributed by atoms with van der Waals surface area (Å²) in [4.78, 5) is 0. The van der Waals surface area contributed by atoms with Gasteiger partial charge in [-0.05, 0) is 31.2 Å². The van der Waals surface area contributed by atoms with Crippen molar-refractivity contribution in [3.8, 4) is 0 Å². The highest BCUT2D eigenvalue weighted by molar-refractivity contribution is 5.25. The van der Waals surface area contributed by atoms with Crippen LogP contribution in [0, 0.1) is 12.8 Å². The molecule has 1 fully saturated rings. The van der Waals surface area contributed by atoms with Crippen molar-refractivity contribution < 1.29 is 0 Å². The first-order valence-corrected chi connectivity index (χ1v) is 5.72. The van der Waals surface area contributed by atoms with Gasteiger partial charge in [-0.3, -0.25) is 0 Å². The molecule has 1 N–H and O–H groups in total. The summed E-state index contributed by atoms with van der Waals surface area (Å²) in [6, 6.07) is 9.41. The fourth-order valence-corrected chi connectivity index (χ4v) is 1.97. The molecule has 1 unspecified atom stereocenters. The molecule has 80 valence electrons. The Morgan fingerprint density at radius 2 is 2.07 bits per heavy atom. The highest BCUT2D eigenvalue weighted by Gasteiger charge is 2.31. The summed E-state index contributed by atoms with van der Waals surface area (Å²) >= 11 is 0. The van der Waals surface area contributed by atoms with Crippen molar-refractivity contribution in [2.45, 2.75) is 25.8 Å². The van der Waals surface area contributed by atoms with E-state index < -0.39 is 0 Å². The Kier molecular flexibility index (Phi) is 3.22. The third-order valence-corrected chi connectivity index (χ3v) is 3.01. The van der Waals surface area contributed by atoms with Crippen molar-refractivity contribution in [1.29, 1.82) is 0 Å². The minimum Gasteiger partial charge on any atom is -0.306 e. The fraction of sp³-hybridized carbons (Fsp3) is 0.429. The summed E-state index contributed by atoms with van der Waals surface area (Å²) in [6.45, 7) is 6.79. The van der Waals surface area contributed by atoms with E-state index in [1.807, 2.05) is 6.08 Å². The van der Waals surface area contributed by atoms with Crippen LogP contribution in [0.4, 0.5) is 0 Å². The molecule has 1 saturated carbocycles. The normalized spacial score (nSPS) is 17.4. The second kappa shape index (κ2) is 4.63. The smallest absolute Gasteiger partial charge is 0.0351 e. The lowest BCUT2D eigenvalue weighted by Gasteiger charge is -2.17. The molecule has 0 spiro atoms. The van der Waals surface area contributed by atoms with E-state index >= 15 is 0 Å². The maximum absolute atomic E-state index is 3.76. The van der Waals surface area contributed by atoms with Crippen LogP contribution >= 0.6 is 0 Å². The van der Waals surface area contributed by atoms with Gasteiger partial charge in [0, 0.05) is 12.6 Å². The Balaban J connectivity index is 2.09. The highest BCUT2D eigenvalue weighted by Crippen LogP contribution is 2.40. The van der Waals surface area contributed by atoms with Crippen molar-refractivity contribution in [1.82, 2.24) is 5.32 Å². The van der Waals surface area contributed by atoms with E-state index in [0.29, 0.717) is 6.04 Å². The molecule has 1 aliphatic rings. The summed E-state index contributed by atoms with van der Waals surface area (Å²) in [5.74, 6) is 0.840. The van der Waals surface area contributed by atoms with Crippen LogP contribution in [0.2, 0.25) is 0 Å². The lowest BCUT2D eigenvalue weighted by Crippen LogP contribution is -2.22. The Hall–Kier alpha value is -1.08. The molecule has 0 radical (unpaired) electrons. The zero-order valence-electron chi connectivity index (χ0n) is 9.37. The monoisotopic (exact) mass is 201 g/mol. The standard InChI is InChI=1S/C14H19N/c1-3-10-15-14(13-8-9-13)12-6-4-11(2)5-7-12/h3-7,13-15H,1,8-10H2,2H3.